The molecule has 1 aliphatic heterocycles. The number of hydrogen-bond acceptors (Lipinski definition) is 3. The number of nitrogens with zero attached hydrogens (tertiary/aromatic N) is 1. The van der Waals surface area contributed by atoms with Gasteiger partial charge in [-0.05, 0) is 31.7 Å². The van der Waals surface area contributed by atoms with Crippen molar-refractivity contribution in [3.8, 4) is 0 Å². The van der Waals surface area contributed by atoms with Crippen molar-refractivity contribution in [1.82, 2.24) is 10.6 Å². The highest BCUT2D eigenvalue weighted by atomic mass is 19.1. The lowest BCUT2D eigenvalue weighted by atomic mass is 10.1. The fourth-order valence-electron chi connectivity index (χ4n) is 2.22. The first-order valence-corrected chi connectivity index (χ1v) is 6.60. The molecule has 0 spiro atoms. The lowest BCUT2D eigenvalue weighted by Gasteiger charge is -2.23. The van der Waals surface area contributed by atoms with Gasteiger partial charge in [0, 0.05) is 32.1 Å². The van der Waals surface area contributed by atoms with Crippen molar-refractivity contribution in [1.29, 1.82) is 0 Å². The van der Waals surface area contributed by atoms with Gasteiger partial charge in [-0.25, -0.2) is 4.39 Å². The highest BCUT2D eigenvalue weighted by Gasteiger charge is 2.17. The molecule has 2 N–H and O–H groups in total. The summed E-state index contributed by atoms with van der Waals surface area (Å²) in [5, 5.41) is 5.88. The van der Waals surface area contributed by atoms with Gasteiger partial charge in [0.25, 0.3) is 0 Å². The fourth-order valence-corrected chi connectivity index (χ4v) is 2.22. The fraction of sp³-hybridized carbons (Fsp3) is 0.500. The second kappa shape index (κ2) is 6.02. The van der Waals surface area contributed by atoms with Gasteiger partial charge in [-0.15, -0.1) is 0 Å². The molecule has 1 heterocycles. The topological polar surface area (TPSA) is 44.4 Å². The summed E-state index contributed by atoms with van der Waals surface area (Å²) in [6, 6.07) is 5.42. The van der Waals surface area contributed by atoms with Crippen LogP contribution in [-0.4, -0.2) is 32.6 Å². The molecule has 1 aromatic carbocycles. The first-order valence-electron chi connectivity index (χ1n) is 6.60. The molecular weight excluding hydrogens is 245 g/mol. The van der Waals surface area contributed by atoms with Crippen molar-refractivity contribution in [3.63, 3.8) is 0 Å². The molecule has 2 rings (SSSR count). The van der Waals surface area contributed by atoms with E-state index in [-0.39, 0.29) is 17.8 Å². The number of carbonyl (C=O) groups is 1. The Kier molecular flexibility index (Phi) is 4.37. The normalized spacial score (nSPS) is 17.8. The summed E-state index contributed by atoms with van der Waals surface area (Å²) in [6.07, 6.45) is 0.411. The van der Waals surface area contributed by atoms with Crippen molar-refractivity contribution >= 4 is 11.6 Å². The van der Waals surface area contributed by atoms with Crippen LogP contribution in [-0.2, 0) is 4.79 Å². The molecule has 1 unspecified atom stereocenters. The van der Waals surface area contributed by atoms with E-state index in [4.69, 9.17) is 0 Å². The molecule has 4 nitrogen and oxygen atoms in total. The van der Waals surface area contributed by atoms with Gasteiger partial charge >= 0.3 is 0 Å². The van der Waals surface area contributed by atoms with E-state index in [1.54, 1.807) is 12.1 Å². The number of anilines is 1. The largest absolute Gasteiger partial charge is 0.367 e. The molecule has 1 aliphatic rings. The third-order valence-corrected chi connectivity index (χ3v) is 3.56. The second-order valence-electron chi connectivity index (χ2n) is 4.81. The summed E-state index contributed by atoms with van der Waals surface area (Å²) in [5.41, 5.74) is 1.50. The maximum Gasteiger partial charge on any atom is 0.221 e. The first kappa shape index (κ1) is 13.8. The number of halogens is 1. The molecule has 1 saturated heterocycles. The smallest absolute Gasteiger partial charge is 0.221 e. The van der Waals surface area contributed by atoms with Crippen molar-refractivity contribution in [2.75, 3.05) is 31.6 Å². The first-order chi connectivity index (χ1) is 9.11. The third-order valence-electron chi connectivity index (χ3n) is 3.56. The van der Waals surface area contributed by atoms with E-state index in [1.807, 2.05) is 24.9 Å². The van der Waals surface area contributed by atoms with Crippen molar-refractivity contribution in [2.45, 2.75) is 19.4 Å². The van der Waals surface area contributed by atoms with Gasteiger partial charge < -0.3 is 15.5 Å². The van der Waals surface area contributed by atoms with Crippen molar-refractivity contribution in [3.05, 3.63) is 29.6 Å². The molecule has 0 radical (unpaired) electrons. The maximum absolute atomic E-state index is 14.2. The standard InChI is InChI=1S/C14H20FN3O/c1-10(16-2)11-3-4-13(12(15)9-11)18-7-5-14(19)17-6-8-18/h3-4,9-10,16H,5-8H2,1-2H3,(H,17,19). The minimum absolute atomic E-state index is 0.0309. The van der Waals surface area contributed by atoms with E-state index < -0.39 is 0 Å². The lowest BCUT2D eigenvalue weighted by Crippen LogP contribution is -2.29. The Bertz CT molecular complexity index is 464. The average Bonchev–Trinajstić information content (AvgIpc) is 2.62. The van der Waals surface area contributed by atoms with Crippen molar-refractivity contribution in [2.24, 2.45) is 0 Å². The summed E-state index contributed by atoms with van der Waals surface area (Å²) < 4.78 is 14.2. The predicted molar refractivity (Wildman–Crippen MR) is 73.7 cm³/mol. The van der Waals surface area contributed by atoms with Crippen LogP contribution >= 0.6 is 0 Å². The van der Waals surface area contributed by atoms with E-state index in [0.717, 1.165) is 5.56 Å². The second-order valence-corrected chi connectivity index (χ2v) is 4.81. The van der Waals surface area contributed by atoms with Crippen LogP contribution in [0, 0.1) is 5.82 Å². The highest BCUT2D eigenvalue weighted by Crippen LogP contribution is 2.24. The van der Waals surface area contributed by atoms with Gasteiger partial charge in [-0.3, -0.25) is 4.79 Å². The summed E-state index contributed by atoms with van der Waals surface area (Å²) in [7, 11) is 1.85. The van der Waals surface area contributed by atoms with Crippen molar-refractivity contribution < 1.29 is 9.18 Å². The molecule has 1 fully saturated rings. The summed E-state index contributed by atoms with van der Waals surface area (Å²) in [6.45, 7) is 3.75. The Hall–Kier alpha value is -1.62. The van der Waals surface area contributed by atoms with Crippen LogP contribution in [0.1, 0.15) is 24.9 Å². The van der Waals surface area contributed by atoms with Gasteiger partial charge in [0.15, 0.2) is 0 Å². The zero-order valence-electron chi connectivity index (χ0n) is 11.4. The lowest BCUT2D eigenvalue weighted by molar-refractivity contribution is -0.120. The van der Waals surface area contributed by atoms with E-state index in [1.165, 1.54) is 0 Å². The molecule has 104 valence electrons. The van der Waals surface area contributed by atoms with Crippen LogP contribution in [0.25, 0.3) is 0 Å². The highest BCUT2D eigenvalue weighted by molar-refractivity contribution is 5.77. The van der Waals surface area contributed by atoms with Crippen LogP contribution in [0.4, 0.5) is 10.1 Å². The van der Waals surface area contributed by atoms with Crippen LogP contribution < -0.4 is 15.5 Å². The van der Waals surface area contributed by atoms with E-state index in [0.29, 0.717) is 31.7 Å². The minimum atomic E-state index is -0.228. The number of amides is 1. The number of nitrogens with one attached hydrogen (secondary N) is 2. The molecule has 1 amide bonds. The Morgan fingerprint density at radius 3 is 2.89 bits per heavy atom. The number of benzene rings is 1. The molecule has 5 heteroatoms. The average molecular weight is 265 g/mol. The van der Waals surface area contributed by atoms with Crippen LogP contribution in [0.2, 0.25) is 0 Å². The predicted octanol–water partition coefficient (Wildman–Crippen LogP) is 1.43. The quantitative estimate of drug-likeness (QED) is 0.869. The molecule has 0 bridgehead atoms. The molecule has 19 heavy (non-hydrogen) atoms. The summed E-state index contributed by atoms with van der Waals surface area (Å²) in [4.78, 5) is 13.2. The van der Waals surface area contributed by atoms with Gasteiger partial charge in [0.1, 0.15) is 5.82 Å². The third kappa shape index (κ3) is 3.23. The summed E-state index contributed by atoms with van der Waals surface area (Å²) in [5.74, 6) is -0.197. The Labute approximate surface area is 113 Å². The van der Waals surface area contributed by atoms with Crippen LogP contribution in [0.3, 0.4) is 0 Å². The van der Waals surface area contributed by atoms with E-state index >= 15 is 0 Å². The Morgan fingerprint density at radius 1 is 1.42 bits per heavy atom. The monoisotopic (exact) mass is 265 g/mol. The maximum atomic E-state index is 14.2. The molecular formula is C14H20FN3O. The number of hydrogen-bond donors (Lipinski definition) is 2. The SMILES string of the molecule is CNC(C)c1ccc(N2CCNC(=O)CC2)c(F)c1. The van der Waals surface area contributed by atoms with Gasteiger partial charge in [0.2, 0.25) is 5.91 Å². The van der Waals surface area contributed by atoms with Crippen LogP contribution in [0.15, 0.2) is 18.2 Å². The molecule has 0 aliphatic carbocycles. The number of rotatable bonds is 3. The van der Waals surface area contributed by atoms with Gasteiger partial charge in [0.05, 0.1) is 5.69 Å². The van der Waals surface area contributed by atoms with E-state index in [2.05, 4.69) is 10.6 Å². The molecule has 0 saturated carbocycles. The van der Waals surface area contributed by atoms with E-state index in [9.17, 15) is 9.18 Å². The number of carbonyl (C=O) groups excluding carboxylic acids is 1. The Balaban J connectivity index is 2.18. The van der Waals surface area contributed by atoms with Gasteiger partial charge in [-0.2, -0.15) is 0 Å². The zero-order chi connectivity index (χ0) is 13.8. The zero-order valence-corrected chi connectivity index (χ0v) is 11.4. The summed E-state index contributed by atoms with van der Waals surface area (Å²) >= 11 is 0. The minimum Gasteiger partial charge on any atom is -0.367 e. The molecule has 1 atom stereocenters. The molecule has 0 aromatic heterocycles. The molecule has 1 aromatic rings. The Morgan fingerprint density at radius 2 is 2.21 bits per heavy atom. The van der Waals surface area contributed by atoms with Crippen LogP contribution in [0.5, 0.6) is 0 Å². The van der Waals surface area contributed by atoms with Gasteiger partial charge in [-0.1, -0.05) is 6.07 Å².